The summed E-state index contributed by atoms with van der Waals surface area (Å²) in [4.78, 5) is 4.66. The van der Waals surface area contributed by atoms with Gasteiger partial charge in [0.15, 0.2) is 5.82 Å². The van der Waals surface area contributed by atoms with Gasteiger partial charge in [0.05, 0.1) is 6.20 Å². The van der Waals surface area contributed by atoms with Crippen LogP contribution >= 0.6 is 11.8 Å². The van der Waals surface area contributed by atoms with Crippen LogP contribution < -0.4 is 15.5 Å². The van der Waals surface area contributed by atoms with E-state index in [0.717, 1.165) is 31.0 Å². The molecule has 23 heavy (non-hydrogen) atoms. The summed E-state index contributed by atoms with van der Waals surface area (Å²) in [6.07, 6.45) is 5.15. The van der Waals surface area contributed by atoms with Crippen LogP contribution in [0.2, 0.25) is 0 Å². The topological polar surface area (TPSA) is 50.3 Å². The second kappa shape index (κ2) is 5.94. The van der Waals surface area contributed by atoms with Crippen molar-refractivity contribution in [1.29, 1.82) is 0 Å². The van der Waals surface area contributed by atoms with Crippen LogP contribution in [0.3, 0.4) is 0 Å². The van der Waals surface area contributed by atoms with Crippen LogP contribution in [0.5, 0.6) is 0 Å². The first kappa shape index (κ1) is 14.7. The summed E-state index contributed by atoms with van der Waals surface area (Å²) >= 11 is 1.82. The molecule has 120 valence electrons. The highest BCUT2D eigenvalue weighted by molar-refractivity contribution is 8.02. The summed E-state index contributed by atoms with van der Waals surface area (Å²) in [5, 5.41) is 6.92. The second-order valence-electron chi connectivity index (χ2n) is 6.06. The van der Waals surface area contributed by atoms with E-state index in [0.29, 0.717) is 0 Å². The molecule has 1 fully saturated rings. The van der Waals surface area contributed by atoms with Crippen molar-refractivity contribution in [2.75, 3.05) is 22.9 Å². The molecule has 2 atom stereocenters. The summed E-state index contributed by atoms with van der Waals surface area (Å²) in [7, 11) is 2.01. The van der Waals surface area contributed by atoms with Gasteiger partial charge in [-0.1, -0.05) is 30.3 Å². The Morgan fingerprint density at radius 2 is 2.09 bits per heavy atom. The molecule has 6 heteroatoms. The fourth-order valence-electron chi connectivity index (χ4n) is 3.33. The second-order valence-corrected chi connectivity index (χ2v) is 7.05. The van der Waals surface area contributed by atoms with Crippen LogP contribution in [-0.4, -0.2) is 28.9 Å². The minimum atomic E-state index is 0.256. The average molecular weight is 327 g/mol. The number of benzene rings is 1. The smallest absolute Gasteiger partial charge is 0.150 e. The van der Waals surface area contributed by atoms with Gasteiger partial charge < -0.3 is 15.5 Å². The minimum absolute atomic E-state index is 0.256. The molecule has 1 aromatic heterocycles. The number of hydrogen-bond acceptors (Lipinski definition) is 5. The van der Waals surface area contributed by atoms with Crippen LogP contribution in [0.15, 0.2) is 48.1 Å². The standard InChI is InChI=1S/C17H21N5S/c1-20-16(21-8-7-14(18)12-21)15(11-19-20)22-9-10-23-17(22)13-5-3-2-4-6-13/h2-6,9-11,14,17H,7-8,12,18H2,1H3/t14?,17-/m0/s1. The normalized spacial score (nSPS) is 23.9. The van der Waals surface area contributed by atoms with E-state index in [2.05, 4.69) is 56.8 Å². The number of anilines is 2. The molecule has 2 N–H and O–H groups in total. The van der Waals surface area contributed by atoms with Gasteiger partial charge in [-0.3, -0.25) is 4.68 Å². The zero-order valence-electron chi connectivity index (χ0n) is 13.2. The minimum Gasteiger partial charge on any atom is -0.353 e. The first-order chi connectivity index (χ1) is 11.2. The molecule has 0 amide bonds. The summed E-state index contributed by atoms with van der Waals surface area (Å²) in [6.45, 7) is 1.89. The average Bonchev–Trinajstić information content (AvgIpc) is 3.27. The third kappa shape index (κ3) is 2.62. The summed E-state index contributed by atoms with van der Waals surface area (Å²) < 4.78 is 1.96. The molecule has 0 spiro atoms. The van der Waals surface area contributed by atoms with Gasteiger partial charge in [-0.25, -0.2) is 0 Å². The predicted molar refractivity (Wildman–Crippen MR) is 96.4 cm³/mol. The maximum atomic E-state index is 6.10. The Morgan fingerprint density at radius 1 is 1.26 bits per heavy atom. The van der Waals surface area contributed by atoms with Crippen molar-refractivity contribution in [3.05, 3.63) is 53.7 Å². The predicted octanol–water partition coefficient (Wildman–Crippen LogP) is 2.68. The van der Waals surface area contributed by atoms with Crippen LogP contribution in [-0.2, 0) is 7.05 Å². The molecule has 1 saturated heterocycles. The highest BCUT2D eigenvalue weighted by Crippen LogP contribution is 2.45. The van der Waals surface area contributed by atoms with E-state index in [9.17, 15) is 0 Å². The first-order valence-corrected chi connectivity index (χ1v) is 8.86. The highest BCUT2D eigenvalue weighted by Gasteiger charge is 2.30. The summed E-state index contributed by atoms with van der Waals surface area (Å²) in [5.74, 6) is 1.16. The molecule has 4 rings (SSSR count). The number of aromatic nitrogens is 2. The van der Waals surface area contributed by atoms with Gasteiger partial charge in [0.2, 0.25) is 0 Å². The third-order valence-corrected chi connectivity index (χ3v) is 5.49. The third-order valence-electron chi connectivity index (χ3n) is 4.46. The lowest BCUT2D eigenvalue weighted by atomic mass is 10.2. The van der Waals surface area contributed by atoms with Crippen molar-refractivity contribution in [3.8, 4) is 0 Å². The Hall–Kier alpha value is -1.92. The van der Waals surface area contributed by atoms with Crippen molar-refractivity contribution in [2.45, 2.75) is 17.8 Å². The lowest BCUT2D eigenvalue weighted by molar-refractivity contribution is 0.726. The van der Waals surface area contributed by atoms with E-state index in [4.69, 9.17) is 5.73 Å². The number of nitrogens with two attached hydrogens (primary N) is 1. The SMILES string of the molecule is Cn1ncc(N2C=CS[C@H]2c2ccccc2)c1N1CCC(N)C1. The Kier molecular flexibility index (Phi) is 3.79. The lowest BCUT2D eigenvalue weighted by Gasteiger charge is -2.28. The molecule has 0 radical (unpaired) electrons. The number of thioether (sulfide) groups is 1. The molecule has 1 aromatic carbocycles. The van der Waals surface area contributed by atoms with E-state index in [1.807, 2.05) is 29.7 Å². The van der Waals surface area contributed by atoms with Gasteiger partial charge in [-0.2, -0.15) is 5.10 Å². The molecule has 2 aromatic rings. The molecule has 3 heterocycles. The summed E-state index contributed by atoms with van der Waals surface area (Å²) in [6, 6.07) is 10.9. The fourth-order valence-corrected chi connectivity index (χ4v) is 4.31. The maximum Gasteiger partial charge on any atom is 0.150 e. The van der Waals surface area contributed by atoms with Crippen molar-refractivity contribution in [3.63, 3.8) is 0 Å². The molecular weight excluding hydrogens is 306 g/mol. The number of aryl methyl sites for hydroxylation is 1. The Balaban J connectivity index is 1.69. The van der Waals surface area contributed by atoms with Crippen LogP contribution in [0.4, 0.5) is 11.5 Å². The molecule has 0 bridgehead atoms. The largest absolute Gasteiger partial charge is 0.353 e. The monoisotopic (exact) mass is 327 g/mol. The zero-order valence-corrected chi connectivity index (χ0v) is 14.0. The molecule has 2 aliphatic heterocycles. The van der Waals surface area contributed by atoms with Gasteiger partial charge in [-0.05, 0) is 17.4 Å². The Labute approximate surface area is 140 Å². The quantitative estimate of drug-likeness (QED) is 0.939. The molecule has 0 saturated carbocycles. The first-order valence-electron chi connectivity index (χ1n) is 7.92. The number of hydrogen-bond donors (Lipinski definition) is 1. The van der Waals surface area contributed by atoms with E-state index in [1.165, 1.54) is 5.56 Å². The molecule has 1 unspecified atom stereocenters. The van der Waals surface area contributed by atoms with E-state index < -0.39 is 0 Å². The van der Waals surface area contributed by atoms with Crippen molar-refractivity contribution in [2.24, 2.45) is 12.8 Å². The summed E-state index contributed by atoms with van der Waals surface area (Å²) in [5.41, 5.74) is 8.55. The van der Waals surface area contributed by atoms with Crippen LogP contribution in [0.25, 0.3) is 0 Å². The lowest BCUT2D eigenvalue weighted by Crippen LogP contribution is -2.29. The van der Waals surface area contributed by atoms with Crippen LogP contribution in [0.1, 0.15) is 17.4 Å². The van der Waals surface area contributed by atoms with Crippen molar-refractivity contribution < 1.29 is 0 Å². The molecule has 2 aliphatic rings. The molecule has 0 aliphatic carbocycles. The van der Waals surface area contributed by atoms with E-state index in [-0.39, 0.29) is 11.4 Å². The van der Waals surface area contributed by atoms with Gasteiger partial charge in [0, 0.05) is 32.4 Å². The molecule has 5 nitrogen and oxygen atoms in total. The fraction of sp³-hybridized carbons (Fsp3) is 0.353. The van der Waals surface area contributed by atoms with Gasteiger partial charge in [-0.15, -0.1) is 11.8 Å². The number of rotatable bonds is 3. The van der Waals surface area contributed by atoms with Gasteiger partial charge in [0.25, 0.3) is 0 Å². The van der Waals surface area contributed by atoms with Gasteiger partial charge >= 0.3 is 0 Å². The van der Waals surface area contributed by atoms with Gasteiger partial charge in [0.1, 0.15) is 11.1 Å². The van der Waals surface area contributed by atoms with Crippen molar-refractivity contribution >= 4 is 23.3 Å². The van der Waals surface area contributed by atoms with E-state index in [1.54, 1.807) is 0 Å². The molecular formula is C17H21N5S. The van der Waals surface area contributed by atoms with Crippen molar-refractivity contribution in [1.82, 2.24) is 9.78 Å². The zero-order chi connectivity index (χ0) is 15.8. The van der Waals surface area contributed by atoms with E-state index >= 15 is 0 Å². The Bertz CT molecular complexity index is 711. The maximum absolute atomic E-state index is 6.10. The Morgan fingerprint density at radius 3 is 2.83 bits per heavy atom. The highest BCUT2D eigenvalue weighted by atomic mass is 32.2. The van der Waals surface area contributed by atoms with Crippen LogP contribution in [0, 0.1) is 0 Å². The number of nitrogens with zero attached hydrogens (tertiary/aromatic N) is 4.